The van der Waals surface area contributed by atoms with Gasteiger partial charge in [-0.1, -0.05) is 37.6 Å². The van der Waals surface area contributed by atoms with Gasteiger partial charge in [-0.2, -0.15) is 0 Å². The number of aromatic nitrogens is 1. The first kappa shape index (κ1) is 13.6. The maximum atomic E-state index is 5.16. The molecule has 2 aromatic rings. The van der Waals surface area contributed by atoms with Crippen LogP contribution >= 0.6 is 0 Å². The summed E-state index contributed by atoms with van der Waals surface area (Å²) in [6, 6.07) is 12.6. The monoisotopic (exact) mass is 255 g/mol. The minimum Gasteiger partial charge on any atom is -0.481 e. The van der Waals surface area contributed by atoms with Crippen LogP contribution in [0.3, 0.4) is 0 Å². The van der Waals surface area contributed by atoms with Gasteiger partial charge in [0.05, 0.1) is 7.11 Å². The Balaban J connectivity index is 2.16. The molecule has 0 amide bonds. The molecule has 0 radical (unpaired) electrons. The lowest BCUT2D eigenvalue weighted by Crippen LogP contribution is -1.96. The van der Waals surface area contributed by atoms with Crippen LogP contribution in [0.15, 0.2) is 36.4 Å². The van der Waals surface area contributed by atoms with E-state index in [1.807, 2.05) is 18.2 Å². The van der Waals surface area contributed by atoms with E-state index in [0.29, 0.717) is 5.88 Å². The average molecular weight is 255 g/mol. The van der Waals surface area contributed by atoms with E-state index in [1.54, 1.807) is 7.11 Å². The molecule has 2 rings (SSSR count). The third-order valence-corrected chi connectivity index (χ3v) is 3.30. The van der Waals surface area contributed by atoms with Crippen LogP contribution in [0.25, 0.3) is 0 Å². The van der Waals surface area contributed by atoms with Crippen molar-refractivity contribution in [1.29, 1.82) is 0 Å². The second-order valence-corrected chi connectivity index (χ2v) is 4.86. The van der Waals surface area contributed by atoms with Crippen molar-refractivity contribution in [2.45, 2.75) is 33.1 Å². The van der Waals surface area contributed by atoms with Gasteiger partial charge in [0.15, 0.2) is 0 Å². The molecule has 19 heavy (non-hydrogen) atoms. The minimum atomic E-state index is 0.678. The lowest BCUT2D eigenvalue weighted by Gasteiger charge is -2.08. The summed E-state index contributed by atoms with van der Waals surface area (Å²) in [6.45, 7) is 4.40. The van der Waals surface area contributed by atoms with Gasteiger partial charge in [0.1, 0.15) is 0 Å². The molecule has 0 atom stereocenters. The largest absolute Gasteiger partial charge is 0.481 e. The van der Waals surface area contributed by atoms with Gasteiger partial charge in [-0.3, -0.25) is 0 Å². The molecule has 2 nitrogen and oxygen atoms in total. The van der Waals surface area contributed by atoms with Crippen molar-refractivity contribution in [3.63, 3.8) is 0 Å². The molecule has 0 bridgehead atoms. The molecule has 0 aliphatic carbocycles. The molecule has 100 valence electrons. The van der Waals surface area contributed by atoms with Crippen molar-refractivity contribution in [3.8, 4) is 5.88 Å². The van der Waals surface area contributed by atoms with Crippen molar-refractivity contribution in [1.82, 2.24) is 4.98 Å². The van der Waals surface area contributed by atoms with Crippen LogP contribution in [0, 0.1) is 6.92 Å². The van der Waals surface area contributed by atoms with Crippen molar-refractivity contribution >= 4 is 0 Å². The van der Waals surface area contributed by atoms with Gasteiger partial charge in [-0.25, -0.2) is 4.98 Å². The summed E-state index contributed by atoms with van der Waals surface area (Å²) in [5.74, 6) is 0.678. The topological polar surface area (TPSA) is 22.1 Å². The van der Waals surface area contributed by atoms with E-state index in [1.165, 1.54) is 23.1 Å². The Labute approximate surface area is 115 Å². The standard InChI is InChI=1S/C17H21NO/c1-4-6-15-10-9-14(11-13(15)2)12-16-7-5-8-17(18-16)19-3/h5,7-11H,4,6,12H2,1-3H3. The predicted molar refractivity (Wildman–Crippen MR) is 78.8 cm³/mol. The van der Waals surface area contributed by atoms with E-state index in [4.69, 9.17) is 4.74 Å². The molecular formula is C17H21NO. The summed E-state index contributed by atoms with van der Waals surface area (Å²) in [6.07, 6.45) is 3.20. The highest BCUT2D eigenvalue weighted by molar-refractivity contribution is 5.33. The zero-order valence-electron chi connectivity index (χ0n) is 11.9. The molecule has 0 fully saturated rings. The van der Waals surface area contributed by atoms with Crippen molar-refractivity contribution in [3.05, 3.63) is 58.8 Å². The summed E-state index contributed by atoms with van der Waals surface area (Å²) in [4.78, 5) is 4.45. The van der Waals surface area contributed by atoms with Gasteiger partial charge in [0.2, 0.25) is 5.88 Å². The molecule has 2 heteroatoms. The van der Waals surface area contributed by atoms with Gasteiger partial charge < -0.3 is 4.74 Å². The lowest BCUT2D eigenvalue weighted by molar-refractivity contribution is 0.396. The second-order valence-electron chi connectivity index (χ2n) is 4.86. The van der Waals surface area contributed by atoms with E-state index in [2.05, 4.69) is 37.0 Å². The van der Waals surface area contributed by atoms with Crippen LogP contribution in [-0.2, 0) is 12.8 Å². The molecule has 0 spiro atoms. The van der Waals surface area contributed by atoms with Crippen LogP contribution in [0.4, 0.5) is 0 Å². The molecule has 0 N–H and O–H groups in total. The summed E-state index contributed by atoms with van der Waals surface area (Å²) >= 11 is 0. The number of aryl methyl sites for hydroxylation is 2. The van der Waals surface area contributed by atoms with Crippen LogP contribution in [0.2, 0.25) is 0 Å². The highest BCUT2D eigenvalue weighted by atomic mass is 16.5. The number of methoxy groups -OCH3 is 1. The van der Waals surface area contributed by atoms with Gasteiger partial charge >= 0.3 is 0 Å². The zero-order valence-corrected chi connectivity index (χ0v) is 11.9. The van der Waals surface area contributed by atoms with Gasteiger partial charge in [-0.05, 0) is 36.1 Å². The first-order valence-electron chi connectivity index (χ1n) is 6.81. The fraction of sp³-hybridized carbons (Fsp3) is 0.353. The molecule has 1 heterocycles. The Morgan fingerprint density at radius 1 is 1.16 bits per heavy atom. The Kier molecular flexibility index (Phi) is 4.56. The fourth-order valence-corrected chi connectivity index (χ4v) is 2.30. The predicted octanol–water partition coefficient (Wildman–Crippen LogP) is 3.94. The van der Waals surface area contributed by atoms with Crippen molar-refractivity contribution in [2.24, 2.45) is 0 Å². The number of pyridine rings is 1. The number of benzene rings is 1. The average Bonchev–Trinajstić information content (AvgIpc) is 2.42. The maximum absolute atomic E-state index is 5.16. The molecule has 0 aliphatic heterocycles. The van der Waals surface area contributed by atoms with Gasteiger partial charge in [0, 0.05) is 18.2 Å². The number of rotatable bonds is 5. The normalized spacial score (nSPS) is 10.5. The van der Waals surface area contributed by atoms with Crippen molar-refractivity contribution < 1.29 is 4.74 Å². The third-order valence-electron chi connectivity index (χ3n) is 3.30. The van der Waals surface area contributed by atoms with E-state index < -0.39 is 0 Å². The van der Waals surface area contributed by atoms with Crippen LogP contribution in [-0.4, -0.2) is 12.1 Å². The molecule has 0 unspecified atom stereocenters. The summed E-state index contributed by atoms with van der Waals surface area (Å²) in [7, 11) is 1.65. The van der Waals surface area contributed by atoms with Crippen molar-refractivity contribution in [2.75, 3.05) is 7.11 Å². The molecular weight excluding hydrogens is 234 g/mol. The SMILES string of the molecule is CCCc1ccc(Cc2cccc(OC)n2)cc1C. The smallest absolute Gasteiger partial charge is 0.213 e. The maximum Gasteiger partial charge on any atom is 0.213 e. The number of hydrogen-bond donors (Lipinski definition) is 0. The molecule has 1 aromatic heterocycles. The molecule has 0 saturated heterocycles. The van der Waals surface area contributed by atoms with E-state index >= 15 is 0 Å². The van der Waals surface area contributed by atoms with Crippen LogP contribution in [0.1, 0.15) is 35.7 Å². The molecule has 0 saturated carbocycles. The van der Waals surface area contributed by atoms with Gasteiger partial charge in [0.25, 0.3) is 0 Å². The first-order valence-corrected chi connectivity index (χ1v) is 6.81. The summed E-state index contributed by atoms with van der Waals surface area (Å²) < 4.78 is 5.16. The third kappa shape index (κ3) is 3.57. The van der Waals surface area contributed by atoms with Gasteiger partial charge in [-0.15, -0.1) is 0 Å². The van der Waals surface area contributed by atoms with Crippen LogP contribution in [0.5, 0.6) is 5.88 Å². The first-order chi connectivity index (χ1) is 9.22. The number of ether oxygens (including phenoxy) is 1. The van der Waals surface area contributed by atoms with E-state index in [0.717, 1.165) is 18.5 Å². The Bertz CT molecular complexity index is 549. The second kappa shape index (κ2) is 6.37. The molecule has 1 aromatic carbocycles. The molecule has 0 aliphatic rings. The summed E-state index contributed by atoms with van der Waals surface area (Å²) in [5.41, 5.74) is 5.17. The highest BCUT2D eigenvalue weighted by Gasteiger charge is 2.03. The quantitative estimate of drug-likeness (QED) is 0.807. The Hall–Kier alpha value is -1.83. The lowest BCUT2D eigenvalue weighted by atomic mass is 9.99. The Morgan fingerprint density at radius 2 is 2.00 bits per heavy atom. The minimum absolute atomic E-state index is 0.678. The van der Waals surface area contributed by atoms with Crippen LogP contribution < -0.4 is 4.74 Å². The summed E-state index contributed by atoms with van der Waals surface area (Å²) in [5, 5.41) is 0. The van der Waals surface area contributed by atoms with E-state index in [9.17, 15) is 0 Å². The fourth-order valence-electron chi connectivity index (χ4n) is 2.30. The highest BCUT2D eigenvalue weighted by Crippen LogP contribution is 2.16. The number of hydrogen-bond acceptors (Lipinski definition) is 2. The number of nitrogens with zero attached hydrogens (tertiary/aromatic N) is 1. The Morgan fingerprint density at radius 3 is 2.68 bits per heavy atom. The van der Waals surface area contributed by atoms with E-state index in [-0.39, 0.29) is 0 Å². The zero-order chi connectivity index (χ0) is 13.7.